The van der Waals surface area contributed by atoms with Gasteiger partial charge in [0.25, 0.3) is 5.91 Å². The number of hydrogen-bond acceptors (Lipinski definition) is 6. The molecule has 2 heterocycles. The van der Waals surface area contributed by atoms with Crippen LogP contribution in [0.15, 0.2) is 24.4 Å². The maximum absolute atomic E-state index is 11.9. The highest BCUT2D eigenvalue weighted by Gasteiger charge is 2.30. The molecule has 27 heavy (non-hydrogen) atoms. The lowest BCUT2D eigenvalue weighted by Gasteiger charge is -2.26. The number of hydrogen-bond donors (Lipinski definition) is 3. The Balaban J connectivity index is 1.65. The number of rotatable bonds is 4. The molecule has 2 atom stereocenters. The van der Waals surface area contributed by atoms with E-state index in [9.17, 15) is 15.1 Å². The molecule has 0 saturated heterocycles. The summed E-state index contributed by atoms with van der Waals surface area (Å²) in [4.78, 5) is 11.9. The molecule has 1 aromatic heterocycles. The monoisotopic (exact) mass is 365 g/mol. The third kappa shape index (κ3) is 3.29. The van der Waals surface area contributed by atoms with Gasteiger partial charge >= 0.3 is 7.12 Å². The van der Waals surface area contributed by atoms with Crippen molar-refractivity contribution in [1.82, 2.24) is 9.78 Å². The lowest BCUT2D eigenvalue weighted by molar-refractivity contribution is 0.100. The van der Waals surface area contributed by atoms with Crippen LogP contribution in [0.1, 0.15) is 47.6 Å². The van der Waals surface area contributed by atoms with Crippen molar-refractivity contribution in [3.63, 3.8) is 0 Å². The molecule has 1 fully saturated rings. The lowest BCUT2D eigenvalue weighted by atomic mass is 9.79. The van der Waals surface area contributed by atoms with Crippen LogP contribution in [0.4, 0.5) is 11.5 Å². The first-order valence-electron chi connectivity index (χ1n) is 9.05. The molecule has 9 heteroatoms. The topological polar surface area (TPSA) is 126 Å². The number of aromatic nitrogens is 2. The summed E-state index contributed by atoms with van der Waals surface area (Å²) in [6.07, 6.45) is 5.36. The first kappa shape index (κ1) is 17.6. The normalized spacial score (nSPS) is 21.6. The van der Waals surface area contributed by atoms with Crippen LogP contribution in [0.25, 0.3) is 0 Å². The number of nitrogens with one attached hydrogen (secondary N) is 1. The number of nitriles is 1. The van der Waals surface area contributed by atoms with Gasteiger partial charge in [0.15, 0.2) is 5.82 Å². The smallest absolute Gasteiger partial charge is 0.423 e. The number of anilines is 2. The van der Waals surface area contributed by atoms with E-state index in [1.54, 1.807) is 16.9 Å². The molecule has 4 N–H and O–H groups in total. The number of carbonyl (C=O) groups excluding carboxylic acids is 1. The average molecular weight is 365 g/mol. The molecule has 0 radical (unpaired) electrons. The van der Waals surface area contributed by atoms with Crippen molar-refractivity contribution in [3.8, 4) is 6.07 Å². The molecule has 0 spiro atoms. The van der Waals surface area contributed by atoms with Gasteiger partial charge in [0, 0.05) is 11.9 Å². The van der Waals surface area contributed by atoms with Crippen molar-refractivity contribution in [2.45, 2.75) is 38.3 Å². The van der Waals surface area contributed by atoms with E-state index in [-0.39, 0.29) is 17.5 Å². The second-order valence-electron chi connectivity index (χ2n) is 7.02. The Labute approximate surface area is 157 Å². The van der Waals surface area contributed by atoms with Gasteiger partial charge < -0.3 is 20.7 Å². The van der Waals surface area contributed by atoms with E-state index in [0.717, 1.165) is 31.2 Å². The van der Waals surface area contributed by atoms with E-state index in [2.05, 4.69) is 16.5 Å². The van der Waals surface area contributed by atoms with Crippen molar-refractivity contribution >= 4 is 30.0 Å². The zero-order valence-electron chi connectivity index (χ0n) is 14.8. The molecule has 4 rings (SSSR count). The van der Waals surface area contributed by atoms with Crippen LogP contribution < -0.4 is 16.5 Å². The van der Waals surface area contributed by atoms with Gasteiger partial charge in [-0.2, -0.15) is 10.4 Å². The van der Waals surface area contributed by atoms with E-state index in [0.29, 0.717) is 23.6 Å². The number of fused-ring (bicyclic) bond motifs is 1. The Kier molecular flexibility index (Phi) is 4.60. The Bertz CT molecular complexity index is 922. The number of primary amides is 1. The highest BCUT2D eigenvalue weighted by Crippen LogP contribution is 2.34. The van der Waals surface area contributed by atoms with Crippen LogP contribution in [-0.2, 0) is 11.3 Å². The molecule has 1 aliphatic heterocycles. The molecule has 8 nitrogen and oxygen atoms in total. The summed E-state index contributed by atoms with van der Waals surface area (Å²) in [5.74, 6) is -0.366. The highest BCUT2D eigenvalue weighted by atomic mass is 16.5. The molecule has 0 unspecified atom stereocenters. The summed E-state index contributed by atoms with van der Waals surface area (Å²) in [6, 6.07) is 7.76. The molecule has 1 aromatic carbocycles. The number of amides is 1. The second kappa shape index (κ2) is 7.06. The van der Waals surface area contributed by atoms with Crippen LogP contribution in [0, 0.1) is 17.2 Å². The first-order valence-corrected chi connectivity index (χ1v) is 9.05. The number of nitrogens with two attached hydrogens (primary N) is 1. The van der Waals surface area contributed by atoms with Gasteiger partial charge in [-0.05, 0) is 36.0 Å². The standard InChI is InChI=1S/C18H20BN5O3/c20-8-11-3-1-2-4-16(11)24-9-14(17(21)25)18(23-24)22-13-6-5-12-10-27-19(26)15(12)7-13/h5-7,9,11,16,26H,1-4,10H2,(H2,21,25)(H,22,23)/t11-,16+/m0/s1. The first-order chi connectivity index (χ1) is 13.1. The summed E-state index contributed by atoms with van der Waals surface area (Å²) >= 11 is 0. The summed E-state index contributed by atoms with van der Waals surface area (Å²) < 4.78 is 6.90. The number of carbonyl (C=O) groups is 1. The van der Waals surface area contributed by atoms with Crippen molar-refractivity contribution in [1.29, 1.82) is 5.26 Å². The minimum atomic E-state index is -0.950. The maximum atomic E-state index is 11.9. The SMILES string of the molecule is N#C[C@@H]1CCCC[C@H]1n1cc(C(N)=O)c(Nc2ccc3c(c2)B(O)OC3)n1. The molecule has 2 aliphatic rings. The van der Waals surface area contributed by atoms with Crippen LogP contribution >= 0.6 is 0 Å². The van der Waals surface area contributed by atoms with Crippen LogP contribution in [-0.4, -0.2) is 27.8 Å². The van der Waals surface area contributed by atoms with Crippen molar-refractivity contribution < 1.29 is 14.5 Å². The minimum absolute atomic E-state index is 0.0624. The molecule has 1 amide bonds. The van der Waals surface area contributed by atoms with Crippen molar-refractivity contribution in [2.75, 3.05) is 5.32 Å². The molecule has 1 saturated carbocycles. The molecule has 1 aliphatic carbocycles. The van der Waals surface area contributed by atoms with Gasteiger partial charge in [0.2, 0.25) is 0 Å². The lowest BCUT2D eigenvalue weighted by Crippen LogP contribution is -2.28. The molecule has 0 bridgehead atoms. The number of nitrogens with zero attached hydrogens (tertiary/aromatic N) is 3. The molecule has 138 valence electrons. The summed E-state index contributed by atoms with van der Waals surface area (Å²) in [5, 5.41) is 26.9. The average Bonchev–Trinajstić information content (AvgIpc) is 3.26. The fraction of sp³-hybridized carbons (Fsp3) is 0.389. The van der Waals surface area contributed by atoms with Crippen LogP contribution in [0.3, 0.4) is 0 Å². The summed E-state index contributed by atoms with van der Waals surface area (Å²) in [7, 11) is -0.950. The highest BCUT2D eigenvalue weighted by molar-refractivity contribution is 6.61. The van der Waals surface area contributed by atoms with Gasteiger partial charge in [-0.1, -0.05) is 18.9 Å². The Hall–Kier alpha value is -2.83. The van der Waals surface area contributed by atoms with Gasteiger partial charge in [-0.15, -0.1) is 0 Å². The summed E-state index contributed by atoms with van der Waals surface area (Å²) in [5.41, 5.74) is 8.09. The van der Waals surface area contributed by atoms with Crippen molar-refractivity contribution in [3.05, 3.63) is 35.5 Å². The quantitative estimate of drug-likeness (QED) is 0.699. The molecular weight excluding hydrogens is 345 g/mol. The predicted molar refractivity (Wildman–Crippen MR) is 99.5 cm³/mol. The third-order valence-corrected chi connectivity index (χ3v) is 5.30. The predicted octanol–water partition coefficient (Wildman–Crippen LogP) is 1.20. The molecule has 2 aromatic rings. The molecular formula is C18H20BN5O3. The number of benzene rings is 1. The minimum Gasteiger partial charge on any atom is -0.423 e. The fourth-order valence-corrected chi connectivity index (χ4v) is 3.84. The fourth-order valence-electron chi connectivity index (χ4n) is 3.84. The Morgan fingerprint density at radius 1 is 1.44 bits per heavy atom. The Morgan fingerprint density at radius 2 is 2.26 bits per heavy atom. The van der Waals surface area contributed by atoms with Gasteiger partial charge in [-0.3, -0.25) is 9.48 Å². The van der Waals surface area contributed by atoms with E-state index >= 15 is 0 Å². The van der Waals surface area contributed by atoms with Crippen molar-refractivity contribution in [2.24, 2.45) is 11.7 Å². The summed E-state index contributed by atoms with van der Waals surface area (Å²) in [6.45, 7) is 0.370. The Morgan fingerprint density at radius 3 is 3.04 bits per heavy atom. The van der Waals surface area contributed by atoms with E-state index < -0.39 is 13.0 Å². The maximum Gasteiger partial charge on any atom is 0.491 e. The van der Waals surface area contributed by atoms with Crippen LogP contribution in [0.5, 0.6) is 0 Å². The van der Waals surface area contributed by atoms with Crippen LogP contribution in [0.2, 0.25) is 0 Å². The van der Waals surface area contributed by atoms with E-state index in [1.807, 2.05) is 12.1 Å². The third-order valence-electron chi connectivity index (χ3n) is 5.30. The second-order valence-corrected chi connectivity index (χ2v) is 7.02. The zero-order chi connectivity index (χ0) is 19.0. The van der Waals surface area contributed by atoms with Gasteiger partial charge in [-0.25, -0.2) is 0 Å². The zero-order valence-corrected chi connectivity index (χ0v) is 14.8. The van der Waals surface area contributed by atoms with Gasteiger partial charge in [0.1, 0.15) is 5.56 Å². The largest absolute Gasteiger partial charge is 0.491 e. The van der Waals surface area contributed by atoms with E-state index in [4.69, 9.17) is 10.4 Å². The van der Waals surface area contributed by atoms with Gasteiger partial charge in [0.05, 0.1) is 24.6 Å². The van der Waals surface area contributed by atoms with E-state index in [1.165, 1.54) is 0 Å².